The number of pyridine rings is 1. The normalized spacial score (nSPS) is 9.09. The van der Waals surface area contributed by atoms with Crippen molar-refractivity contribution < 1.29 is 0 Å². The lowest BCUT2D eigenvalue weighted by molar-refractivity contribution is 1.04. The highest BCUT2D eigenvalue weighted by atomic mass is 79.9. The van der Waals surface area contributed by atoms with E-state index in [9.17, 15) is 0 Å². The van der Waals surface area contributed by atoms with Crippen LogP contribution in [0.1, 0.15) is 11.3 Å². The summed E-state index contributed by atoms with van der Waals surface area (Å²) in [7, 11) is 0. The van der Waals surface area contributed by atoms with Crippen LogP contribution in [-0.4, -0.2) is 10.3 Å². The Kier molecular flexibility index (Phi) is 3.06. The minimum absolute atomic E-state index is 0.673. The summed E-state index contributed by atoms with van der Waals surface area (Å²) in [6.07, 6.45) is 2.52. The van der Waals surface area contributed by atoms with Crippen LogP contribution in [0.25, 0.3) is 0 Å². The molecule has 2 nitrogen and oxygen atoms in total. The molecule has 56 valence electrons. The molecule has 0 amide bonds. The van der Waals surface area contributed by atoms with Gasteiger partial charge in [0, 0.05) is 17.9 Å². The Balaban J connectivity index is 2.95. The van der Waals surface area contributed by atoms with Gasteiger partial charge < -0.3 is 0 Å². The largest absolute Gasteiger partial charge is 0.260 e. The quantitative estimate of drug-likeness (QED) is 0.700. The second-order valence-electron chi connectivity index (χ2n) is 2.05. The van der Waals surface area contributed by atoms with Gasteiger partial charge in [-0.25, -0.2) is 0 Å². The molecule has 1 heterocycles. The van der Waals surface area contributed by atoms with Gasteiger partial charge in [0.15, 0.2) is 0 Å². The zero-order valence-corrected chi connectivity index (χ0v) is 7.50. The zero-order valence-electron chi connectivity index (χ0n) is 5.92. The van der Waals surface area contributed by atoms with E-state index in [0.29, 0.717) is 5.56 Å². The summed E-state index contributed by atoms with van der Waals surface area (Å²) in [5.41, 5.74) is 1.54. The van der Waals surface area contributed by atoms with Crippen LogP contribution >= 0.6 is 15.9 Å². The van der Waals surface area contributed by atoms with Crippen molar-refractivity contribution in [3.8, 4) is 6.07 Å². The predicted octanol–water partition coefficient (Wildman–Crippen LogP) is 1.89. The van der Waals surface area contributed by atoms with Gasteiger partial charge in [-0.2, -0.15) is 5.26 Å². The molecule has 3 heteroatoms. The Bertz CT molecular complexity index is 278. The first-order valence-electron chi connectivity index (χ1n) is 3.28. The smallest absolute Gasteiger partial charge is 0.101 e. The van der Waals surface area contributed by atoms with Crippen LogP contribution in [0, 0.1) is 11.3 Å². The SMILES string of the molecule is N#Cc1cccnc1CCBr. The van der Waals surface area contributed by atoms with Crippen LogP contribution in [0.2, 0.25) is 0 Å². The average molecular weight is 211 g/mol. The third kappa shape index (κ3) is 2.02. The summed E-state index contributed by atoms with van der Waals surface area (Å²) in [5, 5.41) is 9.49. The van der Waals surface area contributed by atoms with Crippen molar-refractivity contribution in [1.29, 1.82) is 5.26 Å². The maximum Gasteiger partial charge on any atom is 0.101 e. The molecule has 0 saturated carbocycles. The van der Waals surface area contributed by atoms with Crippen molar-refractivity contribution in [1.82, 2.24) is 4.98 Å². The van der Waals surface area contributed by atoms with E-state index < -0.39 is 0 Å². The van der Waals surface area contributed by atoms with Crippen molar-refractivity contribution >= 4 is 15.9 Å². The van der Waals surface area contributed by atoms with Crippen molar-refractivity contribution in [2.45, 2.75) is 6.42 Å². The van der Waals surface area contributed by atoms with Gasteiger partial charge in [0.05, 0.1) is 11.3 Å². The first-order valence-corrected chi connectivity index (χ1v) is 4.40. The lowest BCUT2D eigenvalue weighted by atomic mass is 10.2. The minimum Gasteiger partial charge on any atom is -0.260 e. The van der Waals surface area contributed by atoms with Crippen LogP contribution in [-0.2, 0) is 6.42 Å². The second kappa shape index (κ2) is 4.09. The Labute approximate surface area is 74.0 Å². The first kappa shape index (κ1) is 8.22. The van der Waals surface area contributed by atoms with Gasteiger partial charge in [0.25, 0.3) is 0 Å². The van der Waals surface area contributed by atoms with Crippen LogP contribution in [0.4, 0.5) is 0 Å². The Hall–Kier alpha value is -0.880. The number of nitriles is 1. The fourth-order valence-electron chi connectivity index (χ4n) is 0.829. The fraction of sp³-hybridized carbons (Fsp3) is 0.250. The molecule has 0 aliphatic rings. The first-order chi connectivity index (χ1) is 5.38. The van der Waals surface area contributed by atoms with Crippen molar-refractivity contribution in [2.24, 2.45) is 0 Å². The number of aryl methyl sites for hydroxylation is 1. The Morgan fingerprint density at radius 3 is 3.09 bits per heavy atom. The van der Waals surface area contributed by atoms with E-state index in [0.717, 1.165) is 17.4 Å². The molecule has 0 unspecified atom stereocenters. The molecule has 0 aromatic carbocycles. The Morgan fingerprint density at radius 2 is 2.45 bits per heavy atom. The van der Waals surface area contributed by atoms with Crippen molar-refractivity contribution in [2.75, 3.05) is 5.33 Å². The monoisotopic (exact) mass is 210 g/mol. The van der Waals surface area contributed by atoms with E-state index >= 15 is 0 Å². The van der Waals surface area contributed by atoms with E-state index in [1.165, 1.54) is 0 Å². The van der Waals surface area contributed by atoms with Gasteiger partial charge in [0.1, 0.15) is 6.07 Å². The number of halogens is 1. The van der Waals surface area contributed by atoms with Gasteiger partial charge >= 0.3 is 0 Å². The molecule has 11 heavy (non-hydrogen) atoms. The summed E-state index contributed by atoms with van der Waals surface area (Å²) in [5.74, 6) is 0. The standard InChI is InChI=1S/C8H7BrN2/c9-4-3-8-7(6-10)2-1-5-11-8/h1-2,5H,3-4H2. The van der Waals surface area contributed by atoms with Crippen LogP contribution in [0.5, 0.6) is 0 Å². The number of alkyl halides is 1. The number of hydrogen-bond donors (Lipinski definition) is 0. The molecule has 1 aromatic rings. The van der Waals surface area contributed by atoms with E-state index in [4.69, 9.17) is 5.26 Å². The molecule has 0 radical (unpaired) electrons. The number of hydrogen-bond acceptors (Lipinski definition) is 2. The second-order valence-corrected chi connectivity index (χ2v) is 2.84. The highest BCUT2D eigenvalue weighted by Crippen LogP contribution is 2.04. The van der Waals surface area contributed by atoms with Crippen LogP contribution in [0.3, 0.4) is 0 Å². The summed E-state index contributed by atoms with van der Waals surface area (Å²) in [4.78, 5) is 4.09. The third-order valence-electron chi connectivity index (χ3n) is 1.34. The molecular weight excluding hydrogens is 204 g/mol. The topological polar surface area (TPSA) is 36.7 Å². The zero-order chi connectivity index (χ0) is 8.10. The van der Waals surface area contributed by atoms with Crippen molar-refractivity contribution in [3.63, 3.8) is 0 Å². The van der Waals surface area contributed by atoms with Gasteiger partial charge in [0.2, 0.25) is 0 Å². The van der Waals surface area contributed by atoms with Gasteiger partial charge in [-0.15, -0.1) is 0 Å². The number of rotatable bonds is 2. The molecule has 0 N–H and O–H groups in total. The average Bonchev–Trinajstić information content (AvgIpc) is 2.06. The predicted molar refractivity (Wildman–Crippen MR) is 46.5 cm³/mol. The van der Waals surface area contributed by atoms with E-state index in [1.807, 2.05) is 0 Å². The molecular formula is C8H7BrN2. The molecule has 1 rings (SSSR count). The summed E-state index contributed by atoms with van der Waals surface area (Å²) in [6.45, 7) is 0. The molecule has 0 fully saturated rings. The molecule has 0 bridgehead atoms. The molecule has 0 spiro atoms. The molecule has 0 atom stereocenters. The van der Waals surface area contributed by atoms with Crippen LogP contribution in [0.15, 0.2) is 18.3 Å². The Morgan fingerprint density at radius 1 is 1.64 bits per heavy atom. The summed E-state index contributed by atoms with van der Waals surface area (Å²) < 4.78 is 0. The maximum atomic E-state index is 8.64. The highest BCUT2D eigenvalue weighted by Gasteiger charge is 1.99. The van der Waals surface area contributed by atoms with Gasteiger partial charge in [-0.1, -0.05) is 15.9 Å². The summed E-state index contributed by atoms with van der Waals surface area (Å²) in [6, 6.07) is 5.65. The summed E-state index contributed by atoms with van der Waals surface area (Å²) >= 11 is 3.30. The van der Waals surface area contributed by atoms with Crippen LogP contribution < -0.4 is 0 Å². The van der Waals surface area contributed by atoms with E-state index in [2.05, 4.69) is 27.0 Å². The van der Waals surface area contributed by atoms with E-state index in [-0.39, 0.29) is 0 Å². The lowest BCUT2D eigenvalue weighted by Gasteiger charge is -1.97. The van der Waals surface area contributed by atoms with E-state index in [1.54, 1.807) is 18.3 Å². The maximum absolute atomic E-state index is 8.64. The lowest BCUT2D eigenvalue weighted by Crippen LogP contribution is -1.94. The molecule has 1 aromatic heterocycles. The highest BCUT2D eigenvalue weighted by molar-refractivity contribution is 9.09. The molecule has 0 saturated heterocycles. The minimum atomic E-state index is 0.673. The third-order valence-corrected chi connectivity index (χ3v) is 1.74. The fourth-order valence-corrected chi connectivity index (χ4v) is 1.20. The number of aromatic nitrogens is 1. The molecule has 0 aliphatic carbocycles. The van der Waals surface area contributed by atoms with Crippen molar-refractivity contribution in [3.05, 3.63) is 29.6 Å². The van der Waals surface area contributed by atoms with Gasteiger partial charge in [-0.05, 0) is 12.1 Å². The number of nitrogens with zero attached hydrogens (tertiary/aromatic N) is 2. The molecule has 0 aliphatic heterocycles. The van der Waals surface area contributed by atoms with Gasteiger partial charge in [-0.3, -0.25) is 4.98 Å².